The highest BCUT2D eigenvalue weighted by Crippen LogP contribution is 2.32. The lowest BCUT2D eigenvalue weighted by Crippen LogP contribution is -2.20. The van der Waals surface area contributed by atoms with Crippen LogP contribution in [0.25, 0.3) is 11.4 Å². The molecule has 0 aliphatic heterocycles. The number of hydrogen-bond donors (Lipinski definition) is 1. The number of halogens is 2. The molecule has 0 aliphatic rings. The molecule has 0 unspecified atom stereocenters. The van der Waals surface area contributed by atoms with E-state index in [-0.39, 0.29) is 11.7 Å². The van der Waals surface area contributed by atoms with E-state index in [1.807, 2.05) is 29.7 Å². The molecule has 1 N–H and O–H groups in total. The van der Waals surface area contributed by atoms with Gasteiger partial charge in [-0.15, -0.1) is 10.2 Å². The van der Waals surface area contributed by atoms with Gasteiger partial charge in [0.25, 0.3) is 5.91 Å². The zero-order chi connectivity index (χ0) is 23.1. The Morgan fingerprint density at radius 3 is 2.62 bits per heavy atom. The van der Waals surface area contributed by atoms with Crippen molar-refractivity contribution in [3.8, 4) is 22.9 Å². The minimum absolute atomic E-state index is 0.121. The number of amides is 1. The van der Waals surface area contributed by atoms with Crippen molar-refractivity contribution in [2.75, 3.05) is 20.0 Å². The smallest absolute Gasteiger partial charge is 0.250 e. The second kappa shape index (κ2) is 11.2. The van der Waals surface area contributed by atoms with Crippen LogP contribution in [0.2, 0.25) is 10.0 Å². The Balaban J connectivity index is 1.65. The zero-order valence-corrected chi connectivity index (χ0v) is 20.0. The first-order valence-electron chi connectivity index (χ1n) is 9.52. The van der Waals surface area contributed by atoms with E-state index in [1.54, 1.807) is 32.4 Å². The largest absolute Gasteiger partial charge is 0.493 e. The molecule has 0 fully saturated rings. The number of carbonyl (C=O) groups excluding carboxylic acids is 1. The summed E-state index contributed by atoms with van der Waals surface area (Å²) in [5.74, 6) is 1.74. The van der Waals surface area contributed by atoms with Crippen LogP contribution in [0.4, 0.5) is 0 Å². The maximum atomic E-state index is 12.2. The standard InChI is InChI=1S/C21H21Cl2N5O3S/c1-4-28-20(13-6-8-17(30-2)18(9-13)31-3)26-27-21(28)32-12-19(29)25-24-11-14-5-7-15(22)10-16(14)23/h5-11H,4,12H2,1-3H3,(H,25,29). The number of hydrogen-bond acceptors (Lipinski definition) is 7. The molecule has 1 heterocycles. The molecule has 0 atom stereocenters. The quantitative estimate of drug-likeness (QED) is 0.267. The van der Waals surface area contributed by atoms with Crippen LogP contribution in [0.3, 0.4) is 0 Å². The van der Waals surface area contributed by atoms with Crippen molar-refractivity contribution in [1.82, 2.24) is 20.2 Å². The van der Waals surface area contributed by atoms with E-state index in [1.165, 1.54) is 18.0 Å². The molecule has 1 amide bonds. The Labute approximate surface area is 199 Å². The Kier molecular flexibility index (Phi) is 8.38. The molecule has 1 aromatic heterocycles. The molecule has 2 aromatic carbocycles. The second-order valence-electron chi connectivity index (χ2n) is 6.37. The Morgan fingerprint density at radius 2 is 1.94 bits per heavy atom. The topological polar surface area (TPSA) is 90.6 Å². The number of nitrogens with one attached hydrogen (secondary N) is 1. The van der Waals surface area contributed by atoms with Gasteiger partial charge in [0.15, 0.2) is 22.5 Å². The SMILES string of the molecule is CCn1c(SCC(=O)NN=Cc2ccc(Cl)cc2Cl)nnc1-c1ccc(OC)c(OC)c1. The minimum Gasteiger partial charge on any atom is -0.493 e. The highest BCUT2D eigenvalue weighted by atomic mass is 35.5. The minimum atomic E-state index is -0.283. The van der Waals surface area contributed by atoms with E-state index in [9.17, 15) is 4.79 Å². The maximum absolute atomic E-state index is 12.2. The Bertz CT molecular complexity index is 1140. The molecule has 168 valence electrons. The Hall–Kier alpha value is -2.75. The molecule has 32 heavy (non-hydrogen) atoms. The summed E-state index contributed by atoms with van der Waals surface area (Å²) in [7, 11) is 3.16. The predicted octanol–water partition coefficient (Wildman–Crippen LogP) is 4.53. The van der Waals surface area contributed by atoms with Gasteiger partial charge >= 0.3 is 0 Å². The third kappa shape index (κ3) is 5.73. The van der Waals surface area contributed by atoms with Crippen molar-refractivity contribution < 1.29 is 14.3 Å². The van der Waals surface area contributed by atoms with E-state index >= 15 is 0 Å². The fourth-order valence-corrected chi connectivity index (χ4v) is 4.06. The summed E-state index contributed by atoms with van der Waals surface area (Å²) in [5.41, 5.74) is 3.96. The van der Waals surface area contributed by atoms with Gasteiger partial charge in [0.1, 0.15) is 0 Å². The van der Waals surface area contributed by atoms with Crippen LogP contribution < -0.4 is 14.9 Å². The molecule has 8 nitrogen and oxygen atoms in total. The summed E-state index contributed by atoms with van der Waals surface area (Å²) in [6, 6.07) is 10.6. The van der Waals surface area contributed by atoms with Gasteiger partial charge in [-0.2, -0.15) is 5.10 Å². The number of thioether (sulfide) groups is 1. The number of methoxy groups -OCH3 is 2. The summed E-state index contributed by atoms with van der Waals surface area (Å²) in [4.78, 5) is 12.2. The van der Waals surface area contributed by atoms with Crippen molar-refractivity contribution in [2.24, 2.45) is 5.10 Å². The van der Waals surface area contributed by atoms with E-state index in [0.717, 1.165) is 5.56 Å². The van der Waals surface area contributed by atoms with Gasteiger partial charge in [-0.05, 0) is 37.3 Å². The number of aromatic nitrogens is 3. The number of carbonyl (C=O) groups is 1. The Morgan fingerprint density at radius 1 is 1.16 bits per heavy atom. The van der Waals surface area contributed by atoms with Crippen LogP contribution >= 0.6 is 35.0 Å². The summed E-state index contributed by atoms with van der Waals surface area (Å²) in [6.45, 7) is 2.62. The van der Waals surface area contributed by atoms with E-state index < -0.39 is 0 Å². The lowest BCUT2D eigenvalue weighted by Gasteiger charge is -2.10. The second-order valence-corrected chi connectivity index (χ2v) is 8.15. The van der Waals surface area contributed by atoms with Crippen molar-refractivity contribution in [1.29, 1.82) is 0 Å². The molecule has 0 saturated heterocycles. The summed E-state index contributed by atoms with van der Waals surface area (Å²) in [5, 5.41) is 14.1. The number of benzene rings is 2. The van der Waals surface area contributed by atoms with Gasteiger partial charge in [0.2, 0.25) is 0 Å². The third-order valence-electron chi connectivity index (χ3n) is 4.36. The number of rotatable bonds is 9. The van der Waals surface area contributed by atoms with Gasteiger partial charge in [-0.25, -0.2) is 5.43 Å². The van der Waals surface area contributed by atoms with Crippen LogP contribution in [-0.4, -0.2) is 46.9 Å². The average Bonchev–Trinajstić information content (AvgIpc) is 3.21. The van der Waals surface area contributed by atoms with Crippen LogP contribution in [0.15, 0.2) is 46.7 Å². The van der Waals surface area contributed by atoms with Crippen molar-refractivity contribution in [3.63, 3.8) is 0 Å². The van der Waals surface area contributed by atoms with Gasteiger partial charge in [0, 0.05) is 22.7 Å². The van der Waals surface area contributed by atoms with Crippen molar-refractivity contribution >= 4 is 47.1 Å². The molecule has 3 rings (SSSR count). The van der Waals surface area contributed by atoms with Crippen LogP contribution in [0.5, 0.6) is 11.5 Å². The molecule has 0 bridgehead atoms. The van der Waals surface area contributed by atoms with Gasteiger partial charge in [-0.3, -0.25) is 4.79 Å². The average molecular weight is 494 g/mol. The van der Waals surface area contributed by atoms with Crippen LogP contribution in [-0.2, 0) is 11.3 Å². The highest BCUT2D eigenvalue weighted by Gasteiger charge is 2.16. The zero-order valence-electron chi connectivity index (χ0n) is 17.6. The number of nitrogens with zero attached hydrogens (tertiary/aromatic N) is 4. The normalized spacial score (nSPS) is 11.0. The van der Waals surface area contributed by atoms with Gasteiger partial charge < -0.3 is 14.0 Å². The lowest BCUT2D eigenvalue weighted by molar-refractivity contribution is -0.118. The molecule has 11 heteroatoms. The molecule has 0 saturated carbocycles. The van der Waals surface area contributed by atoms with E-state index in [0.29, 0.717) is 44.6 Å². The molecule has 0 radical (unpaired) electrons. The summed E-state index contributed by atoms with van der Waals surface area (Å²) < 4.78 is 12.6. The fourth-order valence-electron chi connectivity index (χ4n) is 2.81. The summed E-state index contributed by atoms with van der Waals surface area (Å²) in [6.07, 6.45) is 1.46. The predicted molar refractivity (Wildman–Crippen MR) is 127 cm³/mol. The van der Waals surface area contributed by atoms with E-state index in [2.05, 4.69) is 20.7 Å². The number of hydrazone groups is 1. The van der Waals surface area contributed by atoms with Gasteiger partial charge in [0.05, 0.1) is 31.2 Å². The molecular formula is C21H21Cl2N5O3S. The monoisotopic (exact) mass is 493 g/mol. The fraction of sp³-hybridized carbons (Fsp3) is 0.238. The first-order valence-corrected chi connectivity index (χ1v) is 11.3. The first kappa shape index (κ1) is 23.9. The molecule has 0 spiro atoms. The van der Waals surface area contributed by atoms with Gasteiger partial charge in [-0.1, -0.05) is 41.0 Å². The van der Waals surface area contributed by atoms with E-state index in [4.69, 9.17) is 32.7 Å². The summed E-state index contributed by atoms with van der Waals surface area (Å²) >= 11 is 13.2. The molecular weight excluding hydrogens is 473 g/mol. The third-order valence-corrected chi connectivity index (χ3v) is 5.89. The highest BCUT2D eigenvalue weighted by molar-refractivity contribution is 7.99. The first-order chi connectivity index (χ1) is 15.5. The van der Waals surface area contributed by atoms with Crippen LogP contribution in [0.1, 0.15) is 12.5 Å². The molecule has 0 aliphatic carbocycles. The number of ether oxygens (including phenoxy) is 2. The molecule has 3 aromatic rings. The maximum Gasteiger partial charge on any atom is 0.250 e. The van der Waals surface area contributed by atoms with Crippen molar-refractivity contribution in [2.45, 2.75) is 18.6 Å². The van der Waals surface area contributed by atoms with Crippen LogP contribution in [0, 0.1) is 0 Å². The van der Waals surface area contributed by atoms with Crippen molar-refractivity contribution in [3.05, 3.63) is 52.0 Å². The lowest BCUT2D eigenvalue weighted by atomic mass is 10.2.